The highest BCUT2D eigenvalue weighted by molar-refractivity contribution is 5.87. The summed E-state index contributed by atoms with van der Waals surface area (Å²) in [4.78, 5) is 15.3. The topological polar surface area (TPSA) is 65.2 Å². The van der Waals surface area contributed by atoms with Gasteiger partial charge in [0.15, 0.2) is 0 Å². The maximum atomic E-state index is 13.3. The van der Waals surface area contributed by atoms with Gasteiger partial charge in [-0.3, -0.25) is 0 Å². The van der Waals surface area contributed by atoms with Gasteiger partial charge in [0.2, 0.25) is 0 Å². The van der Waals surface area contributed by atoms with Crippen molar-refractivity contribution in [3.63, 3.8) is 0 Å². The number of halogens is 2. The molecule has 0 fully saturated rings. The van der Waals surface area contributed by atoms with Crippen LogP contribution in [0.5, 0.6) is 0 Å². The standard InChI is InChI=1S/C13H10F2N2O2/c14-9-1-3-11(15)8(5-9)7-19-13(18)12-4-2-10(16)6-17-12/h1-6H,7,16H2. The van der Waals surface area contributed by atoms with E-state index in [9.17, 15) is 13.6 Å². The Labute approximate surface area is 107 Å². The third-order valence-electron chi connectivity index (χ3n) is 2.36. The highest BCUT2D eigenvalue weighted by Crippen LogP contribution is 2.12. The molecule has 1 aromatic carbocycles. The number of anilines is 1. The SMILES string of the molecule is Nc1ccc(C(=O)OCc2cc(F)ccc2F)nc1. The molecule has 0 aliphatic rings. The zero-order valence-electron chi connectivity index (χ0n) is 9.77. The Balaban J connectivity index is 2.04. The molecule has 2 aromatic rings. The average Bonchev–Trinajstić information content (AvgIpc) is 2.40. The first-order valence-corrected chi connectivity index (χ1v) is 5.39. The van der Waals surface area contributed by atoms with Crippen molar-refractivity contribution in [3.05, 3.63) is 59.4 Å². The highest BCUT2D eigenvalue weighted by atomic mass is 19.1. The molecule has 0 amide bonds. The minimum atomic E-state index is -0.733. The number of rotatable bonds is 3. The van der Waals surface area contributed by atoms with Crippen LogP contribution in [0.2, 0.25) is 0 Å². The molecule has 0 saturated carbocycles. The van der Waals surface area contributed by atoms with Crippen LogP contribution < -0.4 is 5.73 Å². The van der Waals surface area contributed by atoms with E-state index in [0.29, 0.717) is 5.69 Å². The number of carbonyl (C=O) groups excluding carboxylic acids is 1. The summed E-state index contributed by atoms with van der Waals surface area (Å²) in [5, 5.41) is 0. The molecule has 0 radical (unpaired) electrons. The number of nitrogen functional groups attached to an aromatic ring is 1. The van der Waals surface area contributed by atoms with Gasteiger partial charge in [-0.05, 0) is 30.3 Å². The van der Waals surface area contributed by atoms with Gasteiger partial charge in [-0.2, -0.15) is 0 Å². The number of hydrogen-bond acceptors (Lipinski definition) is 4. The lowest BCUT2D eigenvalue weighted by atomic mass is 10.2. The van der Waals surface area contributed by atoms with Gasteiger partial charge in [0.1, 0.15) is 23.9 Å². The van der Waals surface area contributed by atoms with E-state index < -0.39 is 17.6 Å². The third-order valence-corrected chi connectivity index (χ3v) is 2.36. The summed E-state index contributed by atoms with van der Waals surface area (Å²) in [6.45, 7) is -0.367. The predicted molar refractivity (Wildman–Crippen MR) is 64.1 cm³/mol. The van der Waals surface area contributed by atoms with Gasteiger partial charge in [-0.1, -0.05) is 0 Å². The molecular formula is C13H10F2N2O2. The van der Waals surface area contributed by atoms with Crippen molar-refractivity contribution >= 4 is 11.7 Å². The molecule has 0 spiro atoms. The van der Waals surface area contributed by atoms with E-state index in [1.165, 1.54) is 18.3 Å². The number of ether oxygens (including phenoxy) is 1. The summed E-state index contributed by atoms with van der Waals surface area (Å²) in [5.41, 5.74) is 5.84. The van der Waals surface area contributed by atoms with Crippen molar-refractivity contribution < 1.29 is 18.3 Å². The van der Waals surface area contributed by atoms with Gasteiger partial charge >= 0.3 is 5.97 Å². The van der Waals surface area contributed by atoms with E-state index in [2.05, 4.69) is 4.98 Å². The molecule has 2 N–H and O–H groups in total. The van der Waals surface area contributed by atoms with Gasteiger partial charge in [-0.25, -0.2) is 18.6 Å². The summed E-state index contributed by atoms with van der Waals surface area (Å²) in [6, 6.07) is 5.81. The summed E-state index contributed by atoms with van der Waals surface area (Å²) >= 11 is 0. The van der Waals surface area contributed by atoms with Crippen LogP contribution in [0.4, 0.5) is 14.5 Å². The van der Waals surface area contributed by atoms with Crippen LogP contribution in [0.3, 0.4) is 0 Å². The first-order chi connectivity index (χ1) is 9.06. The number of aromatic nitrogens is 1. The van der Waals surface area contributed by atoms with Gasteiger partial charge in [0.25, 0.3) is 0 Å². The lowest BCUT2D eigenvalue weighted by molar-refractivity contribution is 0.0461. The first-order valence-electron chi connectivity index (χ1n) is 5.39. The number of hydrogen-bond donors (Lipinski definition) is 1. The predicted octanol–water partition coefficient (Wildman–Crippen LogP) is 2.30. The molecule has 98 valence electrons. The molecule has 2 rings (SSSR count). The van der Waals surface area contributed by atoms with Crippen LogP contribution in [0, 0.1) is 11.6 Å². The lowest BCUT2D eigenvalue weighted by Crippen LogP contribution is -2.08. The first kappa shape index (κ1) is 12.9. The van der Waals surface area contributed by atoms with E-state index in [1.807, 2.05) is 0 Å². The average molecular weight is 264 g/mol. The molecule has 0 aliphatic carbocycles. The largest absolute Gasteiger partial charge is 0.456 e. The Morgan fingerprint density at radius 1 is 1.26 bits per heavy atom. The fourth-order valence-corrected chi connectivity index (χ4v) is 1.40. The van der Waals surface area contributed by atoms with Crippen molar-refractivity contribution in [1.29, 1.82) is 0 Å². The molecule has 0 unspecified atom stereocenters. The Bertz CT molecular complexity index is 600. The summed E-state index contributed by atoms with van der Waals surface area (Å²) in [5.74, 6) is -1.97. The molecule has 6 heteroatoms. The molecular weight excluding hydrogens is 254 g/mol. The van der Waals surface area contributed by atoms with Gasteiger partial charge in [-0.15, -0.1) is 0 Å². The lowest BCUT2D eigenvalue weighted by Gasteiger charge is -2.05. The molecule has 0 atom stereocenters. The van der Waals surface area contributed by atoms with Crippen molar-refractivity contribution in [2.75, 3.05) is 5.73 Å². The number of benzene rings is 1. The van der Waals surface area contributed by atoms with E-state index in [-0.39, 0.29) is 17.9 Å². The second-order valence-electron chi connectivity index (χ2n) is 3.79. The van der Waals surface area contributed by atoms with Crippen LogP contribution in [0.25, 0.3) is 0 Å². The number of nitrogens with zero attached hydrogens (tertiary/aromatic N) is 1. The van der Waals surface area contributed by atoms with Crippen molar-refractivity contribution in [1.82, 2.24) is 4.98 Å². The van der Waals surface area contributed by atoms with Gasteiger partial charge in [0, 0.05) is 5.56 Å². The number of carbonyl (C=O) groups is 1. The minimum Gasteiger partial charge on any atom is -0.456 e. The molecule has 0 aliphatic heterocycles. The summed E-state index contributed by atoms with van der Waals surface area (Å²) in [7, 11) is 0. The van der Waals surface area contributed by atoms with Crippen LogP contribution in [0.15, 0.2) is 36.5 Å². The third kappa shape index (κ3) is 3.25. The molecule has 19 heavy (non-hydrogen) atoms. The fourth-order valence-electron chi connectivity index (χ4n) is 1.40. The zero-order chi connectivity index (χ0) is 13.8. The quantitative estimate of drug-likeness (QED) is 0.864. The molecule has 0 bridgehead atoms. The maximum Gasteiger partial charge on any atom is 0.357 e. The van der Waals surface area contributed by atoms with Crippen LogP contribution >= 0.6 is 0 Å². The summed E-state index contributed by atoms with van der Waals surface area (Å²) < 4.78 is 31.0. The van der Waals surface area contributed by atoms with E-state index in [0.717, 1.165) is 18.2 Å². The molecule has 0 saturated heterocycles. The van der Waals surface area contributed by atoms with Crippen LogP contribution in [-0.4, -0.2) is 11.0 Å². The monoisotopic (exact) mass is 264 g/mol. The second-order valence-corrected chi connectivity index (χ2v) is 3.79. The van der Waals surface area contributed by atoms with E-state index >= 15 is 0 Å². The highest BCUT2D eigenvalue weighted by Gasteiger charge is 2.11. The number of nitrogens with two attached hydrogens (primary N) is 1. The Morgan fingerprint density at radius 2 is 2.05 bits per heavy atom. The van der Waals surface area contributed by atoms with Crippen molar-refractivity contribution in [3.8, 4) is 0 Å². The van der Waals surface area contributed by atoms with Crippen molar-refractivity contribution in [2.24, 2.45) is 0 Å². The van der Waals surface area contributed by atoms with Crippen LogP contribution in [-0.2, 0) is 11.3 Å². The summed E-state index contributed by atoms with van der Waals surface area (Å²) in [6.07, 6.45) is 1.30. The second kappa shape index (κ2) is 5.43. The Kier molecular flexibility index (Phi) is 3.70. The Morgan fingerprint density at radius 3 is 2.74 bits per heavy atom. The number of esters is 1. The van der Waals surface area contributed by atoms with E-state index in [1.54, 1.807) is 0 Å². The zero-order valence-corrected chi connectivity index (χ0v) is 9.77. The minimum absolute atomic E-state index is 0.0382. The fraction of sp³-hybridized carbons (Fsp3) is 0.0769. The molecule has 1 heterocycles. The normalized spacial score (nSPS) is 10.2. The molecule has 1 aromatic heterocycles. The van der Waals surface area contributed by atoms with Crippen molar-refractivity contribution in [2.45, 2.75) is 6.61 Å². The van der Waals surface area contributed by atoms with Gasteiger partial charge in [0.05, 0.1) is 11.9 Å². The number of pyridine rings is 1. The maximum absolute atomic E-state index is 13.3. The van der Waals surface area contributed by atoms with Crippen LogP contribution in [0.1, 0.15) is 16.1 Å². The smallest absolute Gasteiger partial charge is 0.357 e. The van der Waals surface area contributed by atoms with E-state index in [4.69, 9.17) is 10.5 Å². The molecule has 4 nitrogen and oxygen atoms in total. The Hall–Kier alpha value is -2.50. The van der Waals surface area contributed by atoms with Gasteiger partial charge < -0.3 is 10.5 Å².